The zero-order valence-corrected chi connectivity index (χ0v) is 19.7. The van der Waals surface area contributed by atoms with Crippen molar-refractivity contribution < 1.29 is 0 Å². The van der Waals surface area contributed by atoms with Gasteiger partial charge in [0.2, 0.25) is 0 Å². The molecule has 0 spiro atoms. The first kappa shape index (κ1) is 23.1. The molecule has 0 amide bonds. The van der Waals surface area contributed by atoms with Crippen LogP contribution in [0.4, 0.5) is 0 Å². The van der Waals surface area contributed by atoms with Crippen molar-refractivity contribution in [2.75, 3.05) is 0 Å². The molecule has 2 heteroatoms. The summed E-state index contributed by atoms with van der Waals surface area (Å²) >= 11 is 0.365. The zero-order chi connectivity index (χ0) is 16.1. The summed E-state index contributed by atoms with van der Waals surface area (Å²) in [4.78, 5) is 0. The van der Waals surface area contributed by atoms with Gasteiger partial charge in [0.05, 0.1) is 0 Å². The average molecular weight is 534 g/mol. The van der Waals surface area contributed by atoms with Gasteiger partial charge in [-0.1, -0.05) is 0 Å². The van der Waals surface area contributed by atoms with Gasteiger partial charge in [-0.25, -0.2) is 0 Å². The molecular formula is C20H38Te2. The fourth-order valence-electron chi connectivity index (χ4n) is 2.24. The zero-order valence-electron chi connectivity index (χ0n) is 15.0. The molecule has 22 heavy (non-hydrogen) atoms. The minimum absolute atomic E-state index is 0.172. The Morgan fingerprint density at radius 2 is 0.909 bits per heavy atom. The number of hydrogen-bond acceptors (Lipinski definition) is 0. The number of unbranched alkanes of at least 4 members (excludes halogenated alkanes) is 10. The van der Waals surface area contributed by atoms with Crippen LogP contribution in [0.3, 0.4) is 0 Å². The molecule has 0 saturated carbocycles. The molecule has 0 aromatic rings. The van der Waals surface area contributed by atoms with Crippen molar-refractivity contribution in [3.8, 4) is 0 Å². The summed E-state index contributed by atoms with van der Waals surface area (Å²) in [5, 5.41) is 0. The van der Waals surface area contributed by atoms with Gasteiger partial charge in [0.15, 0.2) is 0 Å². The molecule has 0 fully saturated rings. The normalized spacial score (nSPS) is 11.9. The van der Waals surface area contributed by atoms with Gasteiger partial charge < -0.3 is 0 Å². The molecule has 0 radical (unpaired) electrons. The quantitative estimate of drug-likeness (QED) is 0.108. The van der Waals surface area contributed by atoms with E-state index in [9.17, 15) is 0 Å². The van der Waals surface area contributed by atoms with Gasteiger partial charge >= 0.3 is 162 Å². The van der Waals surface area contributed by atoms with Crippen molar-refractivity contribution >= 4 is 41.8 Å². The van der Waals surface area contributed by atoms with Crippen molar-refractivity contribution in [2.24, 2.45) is 0 Å². The summed E-state index contributed by atoms with van der Waals surface area (Å²) in [6.45, 7) is 4.58. The van der Waals surface area contributed by atoms with Gasteiger partial charge in [0.1, 0.15) is 0 Å². The molecular weight excluding hydrogens is 495 g/mol. The Bertz CT molecular complexity index is 246. The summed E-state index contributed by atoms with van der Waals surface area (Å²) in [7, 11) is 0. The molecule has 0 aliphatic rings. The molecule has 0 aromatic heterocycles. The van der Waals surface area contributed by atoms with E-state index < -0.39 is 0 Å². The van der Waals surface area contributed by atoms with Crippen molar-refractivity contribution in [1.29, 1.82) is 0 Å². The van der Waals surface area contributed by atoms with E-state index in [2.05, 4.69) is 34.2 Å². The monoisotopic (exact) mass is 538 g/mol. The van der Waals surface area contributed by atoms with E-state index in [1.165, 1.54) is 86.0 Å². The Morgan fingerprint density at radius 1 is 0.500 bits per heavy atom. The van der Waals surface area contributed by atoms with Crippen molar-refractivity contribution in [3.05, 3.63) is 20.4 Å². The summed E-state index contributed by atoms with van der Waals surface area (Å²) in [6, 6.07) is 0. The maximum absolute atomic E-state index is 2.49. The first-order valence-corrected chi connectivity index (χ1v) is 15.4. The predicted molar refractivity (Wildman–Crippen MR) is 106 cm³/mol. The SMILES string of the molecule is CCCCCCCCCCCC[Te]/C=C\C=C/[Te]CCCC. The van der Waals surface area contributed by atoms with Crippen LogP contribution in [0, 0.1) is 0 Å². The molecule has 0 unspecified atom stereocenters. The Hall–Kier alpha value is 1.06. The van der Waals surface area contributed by atoms with Crippen LogP contribution in [0.15, 0.2) is 20.4 Å². The Morgan fingerprint density at radius 3 is 1.41 bits per heavy atom. The average Bonchev–Trinajstić information content (AvgIpc) is 2.54. The fraction of sp³-hybridized carbons (Fsp3) is 0.800. The van der Waals surface area contributed by atoms with Crippen LogP contribution in [0.25, 0.3) is 0 Å². The summed E-state index contributed by atoms with van der Waals surface area (Å²) in [5.41, 5.74) is 0. The van der Waals surface area contributed by atoms with Gasteiger partial charge in [-0.2, -0.15) is 0 Å². The second-order valence-corrected chi connectivity index (χ2v) is 11.7. The first-order chi connectivity index (χ1) is 10.9. The summed E-state index contributed by atoms with van der Waals surface area (Å²) < 4.78 is 7.95. The van der Waals surface area contributed by atoms with Gasteiger partial charge in [0.25, 0.3) is 0 Å². The van der Waals surface area contributed by atoms with Crippen LogP contribution >= 0.6 is 0 Å². The molecule has 0 nitrogen and oxygen atoms in total. The van der Waals surface area contributed by atoms with Gasteiger partial charge in [-0.15, -0.1) is 0 Å². The molecule has 0 saturated heterocycles. The number of allylic oxidation sites excluding steroid dienone is 2. The third-order valence-corrected chi connectivity index (χ3v) is 8.68. The third-order valence-electron chi connectivity index (χ3n) is 3.69. The molecule has 0 heterocycles. The molecule has 0 aliphatic carbocycles. The van der Waals surface area contributed by atoms with Gasteiger partial charge in [-0.3, -0.25) is 0 Å². The van der Waals surface area contributed by atoms with E-state index in [1.807, 2.05) is 0 Å². The second-order valence-electron chi connectivity index (χ2n) is 5.93. The standard InChI is InChI=1S/C20H38Te2/c1-3-5-7-8-9-10-11-12-13-14-18-22-20-16-15-19-21-17-6-4-2/h15-16,19-20H,3-14,17-18H2,1-2H3/b19-15-,20-16-. The van der Waals surface area contributed by atoms with E-state index in [-0.39, 0.29) is 41.8 Å². The molecule has 0 rings (SSSR count). The Kier molecular flexibility index (Phi) is 23.1. The fourth-order valence-corrected chi connectivity index (χ4v) is 6.53. The van der Waals surface area contributed by atoms with Crippen LogP contribution in [-0.2, 0) is 0 Å². The maximum atomic E-state index is 2.49. The molecule has 0 atom stereocenters. The van der Waals surface area contributed by atoms with Crippen LogP contribution in [0.1, 0.15) is 90.9 Å². The van der Waals surface area contributed by atoms with Crippen molar-refractivity contribution in [1.82, 2.24) is 0 Å². The first-order valence-electron chi connectivity index (χ1n) is 9.46. The topological polar surface area (TPSA) is 0 Å². The van der Waals surface area contributed by atoms with Crippen molar-refractivity contribution in [3.63, 3.8) is 0 Å². The van der Waals surface area contributed by atoms with Gasteiger partial charge in [-0.05, 0) is 0 Å². The van der Waals surface area contributed by atoms with Crippen LogP contribution < -0.4 is 0 Å². The molecule has 0 aliphatic heterocycles. The Balaban J connectivity index is 3.10. The van der Waals surface area contributed by atoms with E-state index in [4.69, 9.17) is 0 Å². The second kappa shape index (κ2) is 22.1. The van der Waals surface area contributed by atoms with Crippen LogP contribution in [0.5, 0.6) is 0 Å². The molecule has 130 valence electrons. The predicted octanol–water partition coefficient (Wildman–Crippen LogP) is 6.98. The Labute approximate surface area is 161 Å². The van der Waals surface area contributed by atoms with Gasteiger partial charge in [0, 0.05) is 0 Å². The molecule has 0 bridgehead atoms. The summed E-state index contributed by atoms with van der Waals surface area (Å²) in [5.74, 6) is 0. The van der Waals surface area contributed by atoms with E-state index in [1.54, 1.807) is 0 Å². The number of rotatable bonds is 17. The molecule has 0 N–H and O–H groups in total. The van der Waals surface area contributed by atoms with E-state index in [0.29, 0.717) is 0 Å². The summed E-state index contributed by atoms with van der Waals surface area (Å²) in [6.07, 6.45) is 22.1. The molecule has 0 aromatic carbocycles. The third kappa shape index (κ3) is 21.1. The van der Waals surface area contributed by atoms with Crippen LogP contribution in [-0.4, -0.2) is 41.8 Å². The van der Waals surface area contributed by atoms with E-state index >= 15 is 0 Å². The van der Waals surface area contributed by atoms with E-state index in [0.717, 1.165) is 0 Å². The van der Waals surface area contributed by atoms with Crippen molar-refractivity contribution in [2.45, 2.75) is 99.8 Å². The minimum atomic E-state index is 0.172. The van der Waals surface area contributed by atoms with Crippen LogP contribution in [0.2, 0.25) is 8.94 Å². The number of hydrogen-bond donors (Lipinski definition) is 0.